The van der Waals surface area contributed by atoms with Crippen LogP contribution in [-0.4, -0.2) is 30.2 Å². The Balaban J connectivity index is 1.76. The van der Waals surface area contributed by atoms with Crippen LogP contribution in [0.15, 0.2) is 73.1 Å². The molecule has 5 heteroatoms. The molecule has 0 unspecified atom stereocenters. The molecule has 1 heterocycles. The fraction of sp³-hybridized carbons (Fsp3) is 0.333. The van der Waals surface area contributed by atoms with Crippen LogP contribution in [0.25, 0.3) is 0 Å². The minimum Gasteiger partial charge on any atom is -0.407 e. The number of aromatic nitrogens is 2. The van der Waals surface area contributed by atoms with Crippen molar-refractivity contribution < 1.29 is 9.53 Å². The summed E-state index contributed by atoms with van der Waals surface area (Å²) >= 11 is 0. The van der Waals surface area contributed by atoms with E-state index in [1.54, 1.807) is 12.4 Å². The first kappa shape index (κ1) is 20.0. The molecule has 29 heavy (non-hydrogen) atoms. The van der Waals surface area contributed by atoms with Crippen LogP contribution in [0.4, 0.5) is 0 Å². The second-order valence-corrected chi connectivity index (χ2v) is 13.1. The first-order chi connectivity index (χ1) is 13.9. The molecule has 1 aromatic heterocycles. The summed E-state index contributed by atoms with van der Waals surface area (Å²) in [4.78, 5) is 0. The molecule has 0 aliphatic heterocycles. The molecule has 3 aromatic rings. The molecule has 150 valence electrons. The van der Waals surface area contributed by atoms with Gasteiger partial charge in [-0.15, -0.1) is 0 Å². The Morgan fingerprint density at radius 1 is 0.897 bits per heavy atom. The topological polar surface area (TPSA) is 55.2 Å². The van der Waals surface area contributed by atoms with Crippen molar-refractivity contribution in [3.8, 4) is 0 Å². The molecule has 0 fully saturated rings. The molecule has 2 atom stereocenters. The molecule has 0 saturated carbocycles. The molecule has 0 bridgehead atoms. The van der Waals surface area contributed by atoms with Crippen molar-refractivity contribution in [2.75, 3.05) is 6.61 Å². The zero-order valence-electron chi connectivity index (χ0n) is 17.2. The maximum atomic E-state index is 10.5. The largest absolute Gasteiger partial charge is 0.407 e. The molecule has 0 radical (unpaired) electrons. The van der Waals surface area contributed by atoms with Crippen molar-refractivity contribution >= 4 is 18.7 Å². The van der Waals surface area contributed by atoms with E-state index in [-0.39, 0.29) is 11.0 Å². The molecule has 0 amide bonds. The summed E-state index contributed by atoms with van der Waals surface area (Å²) in [6, 6.07) is 21.3. The van der Waals surface area contributed by atoms with Crippen molar-refractivity contribution in [2.24, 2.45) is 0 Å². The molecule has 1 aliphatic rings. The van der Waals surface area contributed by atoms with Crippen LogP contribution < -0.4 is 10.4 Å². The molecule has 0 spiro atoms. The van der Waals surface area contributed by atoms with E-state index in [0.29, 0.717) is 13.0 Å². The van der Waals surface area contributed by atoms with Crippen LogP contribution in [0.1, 0.15) is 50.3 Å². The van der Waals surface area contributed by atoms with Gasteiger partial charge in [0.2, 0.25) is 0 Å². The fourth-order valence-electron chi connectivity index (χ4n) is 4.63. The Morgan fingerprint density at radius 2 is 1.41 bits per heavy atom. The Hall–Kier alpha value is -2.34. The first-order valence-electron chi connectivity index (χ1n) is 10.2. The Morgan fingerprint density at radius 3 is 1.93 bits per heavy atom. The zero-order chi connectivity index (χ0) is 20.5. The van der Waals surface area contributed by atoms with Crippen LogP contribution in [0.2, 0.25) is 5.04 Å². The van der Waals surface area contributed by atoms with Crippen LogP contribution in [-0.2, 0) is 4.43 Å². The minimum atomic E-state index is -2.58. The summed E-state index contributed by atoms with van der Waals surface area (Å²) in [6.45, 7) is 7.40. The molecule has 2 aromatic carbocycles. The normalized spacial score (nSPS) is 19.2. The highest BCUT2D eigenvalue weighted by Gasteiger charge is 2.50. The number of hydrogen-bond acceptors (Lipinski definition) is 4. The van der Waals surface area contributed by atoms with Gasteiger partial charge in [-0.2, -0.15) is 10.2 Å². The van der Waals surface area contributed by atoms with E-state index in [4.69, 9.17) is 4.43 Å². The lowest BCUT2D eigenvalue weighted by atomic mass is 10.1. The highest BCUT2D eigenvalue weighted by molar-refractivity contribution is 6.99. The lowest BCUT2D eigenvalue weighted by molar-refractivity contribution is 0.160. The van der Waals surface area contributed by atoms with Gasteiger partial charge in [-0.3, -0.25) is 0 Å². The summed E-state index contributed by atoms with van der Waals surface area (Å²) < 4.78 is 7.04. The monoisotopic (exact) mass is 404 g/mol. The van der Waals surface area contributed by atoms with Crippen LogP contribution in [0.3, 0.4) is 0 Å². The Labute approximate surface area is 173 Å². The van der Waals surface area contributed by atoms with E-state index in [1.807, 2.05) is 0 Å². The van der Waals surface area contributed by atoms with E-state index in [1.165, 1.54) is 10.4 Å². The second-order valence-electron chi connectivity index (χ2n) is 8.82. The van der Waals surface area contributed by atoms with Gasteiger partial charge in [0, 0.05) is 18.1 Å². The lowest BCUT2D eigenvalue weighted by Gasteiger charge is -2.43. The quantitative estimate of drug-likeness (QED) is 0.661. The number of rotatable bonds is 5. The van der Waals surface area contributed by atoms with Gasteiger partial charge in [-0.05, 0) is 27.4 Å². The number of nitrogens with zero attached hydrogens (tertiary/aromatic N) is 2. The molecule has 4 nitrogen and oxygen atoms in total. The maximum absolute atomic E-state index is 10.5. The molecular formula is C24H28N2O2Si. The highest BCUT2D eigenvalue weighted by Crippen LogP contribution is 2.42. The lowest BCUT2D eigenvalue weighted by Crippen LogP contribution is -2.66. The van der Waals surface area contributed by atoms with E-state index in [0.717, 1.165) is 11.1 Å². The highest BCUT2D eigenvalue weighted by atomic mass is 28.4. The first-order valence-corrected chi connectivity index (χ1v) is 12.1. The van der Waals surface area contributed by atoms with Crippen LogP contribution >= 0.6 is 0 Å². The number of fused-ring (bicyclic) bond motifs is 1. The van der Waals surface area contributed by atoms with Gasteiger partial charge in [0.15, 0.2) is 0 Å². The van der Waals surface area contributed by atoms with E-state index >= 15 is 0 Å². The summed E-state index contributed by atoms with van der Waals surface area (Å²) in [5, 5.41) is 20.9. The summed E-state index contributed by atoms with van der Waals surface area (Å²) in [6.07, 6.45) is 3.63. The van der Waals surface area contributed by atoms with Crippen LogP contribution in [0, 0.1) is 0 Å². The smallest absolute Gasteiger partial charge is 0.261 e. The van der Waals surface area contributed by atoms with Gasteiger partial charge in [-0.1, -0.05) is 81.4 Å². The van der Waals surface area contributed by atoms with Crippen molar-refractivity contribution in [3.05, 3.63) is 84.2 Å². The van der Waals surface area contributed by atoms with Gasteiger partial charge in [-0.25, -0.2) is 0 Å². The van der Waals surface area contributed by atoms with Gasteiger partial charge in [0.25, 0.3) is 8.32 Å². The summed E-state index contributed by atoms with van der Waals surface area (Å²) in [5.41, 5.74) is 1.95. The predicted octanol–water partition coefficient (Wildman–Crippen LogP) is 3.57. The van der Waals surface area contributed by atoms with E-state index < -0.39 is 14.4 Å². The van der Waals surface area contributed by atoms with E-state index in [2.05, 4.69) is 91.6 Å². The van der Waals surface area contributed by atoms with Crippen LogP contribution in [0.5, 0.6) is 0 Å². The van der Waals surface area contributed by atoms with Gasteiger partial charge in [0.05, 0.1) is 18.5 Å². The maximum Gasteiger partial charge on any atom is 0.261 e. The third-order valence-electron chi connectivity index (χ3n) is 6.02. The van der Waals surface area contributed by atoms with Gasteiger partial charge < -0.3 is 9.53 Å². The minimum absolute atomic E-state index is 0.0632. The summed E-state index contributed by atoms with van der Waals surface area (Å²) in [7, 11) is -2.58. The molecule has 4 rings (SSSR count). The third-order valence-corrected chi connectivity index (χ3v) is 11.0. The number of aliphatic hydroxyl groups is 1. The predicted molar refractivity (Wildman–Crippen MR) is 118 cm³/mol. The SMILES string of the molecule is CC(C)(C)[Si](OC[C@H]1C[C@H](O)c2cnncc21)(c1ccccc1)c1ccccc1. The third kappa shape index (κ3) is 3.54. The average Bonchev–Trinajstić information content (AvgIpc) is 3.05. The average molecular weight is 405 g/mol. The van der Waals surface area contributed by atoms with Crippen molar-refractivity contribution in [1.29, 1.82) is 0 Å². The molecule has 1 aliphatic carbocycles. The molecule has 0 saturated heterocycles. The number of hydrogen-bond donors (Lipinski definition) is 1. The van der Waals surface area contributed by atoms with Crippen molar-refractivity contribution in [2.45, 2.75) is 44.3 Å². The number of aliphatic hydroxyl groups excluding tert-OH is 1. The molecular weight excluding hydrogens is 376 g/mol. The van der Waals surface area contributed by atoms with E-state index in [9.17, 15) is 5.11 Å². The van der Waals surface area contributed by atoms with Gasteiger partial charge >= 0.3 is 0 Å². The zero-order valence-corrected chi connectivity index (χ0v) is 18.2. The second kappa shape index (κ2) is 7.82. The van der Waals surface area contributed by atoms with Crippen molar-refractivity contribution in [3.63, 3.8) is 0 Å². The fourth-order valence-corrected chi connectivity index (χ4v) is 9.23. The van der Waals surface area contributed by atoms with Crippen molar-refractivity contribution in [1.82, 2.24) is 10.2 Å². The number of benzene rings is 2. The molecule has 1 N–H and O–H groups in total. The van der Waals surface area contributed by atoms with Gasteiger partial charge in [0.1, 0.15) is 0 Å². The Kier molecular flexibility index (Phi) is 5.38. The standard InChI is InChI=1S/C24H28N2O2Si/c1-24(2,3)29(19-10-6-4-7-11-19,20-12-8-5-9-13-20)28-17-18-14-23(27)22-16-26-25-15-21(18)22/h4-13,15-16,18,23,27H,14,17H2,1-3H3/t18-,23+/m1/s1. The summed E-state index contributed by atoms with van der Waals surface area (Å²) in [5.74, 6) is 0.122. The Bertz CT molecular complexity index is 918.